The molecule has 0 amide bonds. The van der Waals surface area contributed by atoms with Crippen LogP contribution in [0.1, 0.15) is 70.9 Å². The lowest BCUT2D eigenvalue weighted by atomic mass is 9.85. The second kappa shape index (κ2) is 21.9. The zero-order valence-corrected chi connectivity index (χ0v) is 38.1. The number of halogens is 8. The van der Waals surface area contributed by atoms with E-state index in [1.54, 1.807) is 24.3 Å². The highest BCUT2D eigenvalue weighted by molar-refractivity contribution is 7.93. The molecule has 2 atom stereocenters. The predicted molar refractivity (Wildman–Crippen MR) is 238 cm³/mol. The van der Waals surface area contributed by atoms with E-state index in [-0.39, 0.29) is 84.0 Å². The van der Waals surface area contributed by atoms with E-state index in [1.807, 2.05) is 0 Å². The minimum Gasteiger partial charge on any atom is -0.493 e. The van der Waals surface area contributed by atoms with Crippen LogP contribution in [0.25, 0.3) is 0 Å². The number of anilines is 2. The second-order valence-corrected chi connectivity index (χ2v) is 18.8. The van der Waals surface area contributed by atoms with Crippen molar-refractivity contribution in [1.29, 1.82) is 0 Å². The minimum absolute atomic E-state index is 0.00529. The van der Waals surface area contributed by atoms with Crippen LogP contribution in [0.4, 0.5) is 47.0 Å². The van der Waals surface area contributed by atoms with Gasteiger partial charge in [-0.1, -0.05) is 24.3 Å². The first-order chi connectivity index (χ1) is 33.4. The molecule has 8 rings (SSSR count). The molecule has 2 aliphatic heterocycles. The van der Waals surface area contributed by atoms with E-state index in [4.69, 9.17) is 18.9 Å². The fourth-order valence-corrected chi connectivity index (χ4v) is 9.45. The Bertz CT molecular complexity index is 2780. The fourth-order valence-electron chi connectivity index (χ4n) is 7.50. The topological polar surface area (TPSA) is 181 Å². The molecule has 0 saturated carbocycles. The number of sulfonamides is 2. The van der Waals surface area contributed by atoms with E-state index >= 15 is 0 Å². The number of aromatic nitrogens is 4. The zero-order valence-electron chi connectivity index (χ0n) is 36.5. The molecule has 0 bridgehead atoms. The van der Waals surface area contributed by atoms with E-state index < -0.39 is 68.7 Å². The molecule has 0 radical (unpaired) electrons. The Hall–Kier alpha value is -6.82. The number of ether oxygens (including phenoxy) is 4. The fraction of sp³-hybridized carbons (Fsp3) is 0.304. The van der Waals surface area contributed by atoms with Crippen molar-refractivity contribution in [2.75, 3.05) is 49.2 Å². The van der Waals surface area contributed by atoms with Crippen LogP contribution in [0, 0.1) is 0 Å². The van der Waals surface area contributed by atoms with E-state index in [0.717, 1.165) is 24.3 Å². The molecule has 0 saturated heterocycles. The first-order valence-corrected chi connectivity index (χ1v) is 24.3. The van der Waals surface area contributed by atoms with Gasteiger partial charge in [0.05, 0.1) is 60.7 Å². The molecule has 2 aliphatic rings. The maximum absolute atomic E-state index is 13.3. The van der Waals surface area contributed by atoms with Gasteiger partial charge in [0.2, 0.25) is 11.9 Å². The SMILES string of the molecule is O=S(=O)(Nc1ncccn1)c1ccc2c(c1)OCC[C@@H]2c1ccc(C(F)(F)F)cc1OCCCF.O=S(=O)(Nc1ncccn1)c1ccc2c(c1)OCC[C@H]2c1ccc(C(F)(F)F)cc1OCCCF. The molecule has 0 unspecified atom stereocenters. The molecule has 2 N–H and O–H groups in total. The Labute approximate surface area is 396 Å². The van der Waals surface area contributed by atoms with Gasteiger partial charge in [-0.2, -0.15) is 26.3 Å². The van der Waals surface area contributed by atoms with Gasteiger partial charge in [-0.05, 0) is 61.4 Å². The summed E-state index contributed by atoms with van der Waals surface area (Å²) in [6, 6.07) is 18.1. The van der Waals surface area contributed by atoms with Crippen LogP contribution < -0.4 is 28.4 Å². The lowest BCUT2D eigenvalue weighted by molar-refractivity contribution is -0.138. The maximum atomic E-state index is 13.3. The highest BCUT2D eigenvalue weighted by Gasteiger charge is 2.35. The molecule has 14 nitrogen and oxygen atoms in total. The highest BCUT2D eigenvalue weighted by atomic mass is 32.2. The molecule has 6 aromatic rings. The number of nitrogens with one attached hydrogen (secondary N) is 2. The number of hydrogen-bond donors (Lipinski definition) is 2. The summed E-state index contributed by atoms with van der Waals surface area (Å²) in [7, 11) is -8.03. The van der Waals surface area contributed by atoms with Gasteiger partial charge in [-0.15, -0.1) is 0 Å². The molecule has 70 heavy (non-hydrogen) atoms. The third-order valence-corrected chi connectivity index (χ3v) is 13.4. The quantitative estimate of drug-likeness (QED) is 0.0693. The maximum Gasteiger partial charge on any atom is 0.416 e. The van der Waals surface area contributed by atoms with E-state index in [1.165, 1.54) is 61.2 Å². The van der Waals surface area contributed by atoms with Crippen LogP contribution in [-0.2, 0) is 32.4 Å². The molecule has 0 fully saturated rings. The van der Waals surface area contributed by atoms with Crippen molar-refractivity contribution < 1.29 is 70.9 Å². The lowest BCUT2D eigenvalue weighted by Gasteiger charge is -2.28. The second-order valence-electron chi connectivity index (χ2n) is 15.4. The summed E-state index contributed by atoms with van der Waals surface area (Å²) < 4.78 is 183. The Morgan fingerprint density at radius 1 is 0.543 bits per heavy atom. The third-order valence-electron chi connectivity index (χ3n) is 10.8. The van der Waals surface area contributed by atoms with Crippen molar-refractivity contribution >= 4 is 31.9 Å². The van der Waals surface area contributed by atoms with Gasteiger partial charge in [-0.3, -0.25) is 8.78 Å². The van der Waals surface area contributed by atoms with Crippen LogP contribution in [0.5, 0.6) is 23.0 Å². The predicted octanol–water partition coefficient (Wildman–Crippen LogP) is 9.90. The van der Waals surface area contributed by atoms with Crippen molar-refractivity contribution in [3.63, 3.8) is 0 Å². The van der Waals surface area contributed by atoms with E-state index in [9.17, 15) is 52.0 Å². The summed E-state index contributed by atoms with van der Waals surface area (Å²) in [6.07, 6.45) is -2.62. The zero-order chi connectivity index (χ0) is 50.1. The van der Waals surface area contributed by atoms with Crippen molar-refractivity contribution in [3.8, 4) is 23.0 Å². The van der Waals surface area contributed by atoms with E-state index in [0.29, 0.717) is 35.1 Å². The van der Waals surface area contributed by atoms with E-state index in [2.05, 4.69) is 29.4 Å². The number of alkyl halides is 8. The molecule has 4 heterocycles. The number of rotatable bonds is 16. The number of benzene rings is 4. The van der Waals surface area contributed by atoms with Crippen molar-refractivity contribution in [1.82, 2.24) is 19.9 Å². The summed E-state index contributed by atoms with van der Waals surface area (Å²) >= 11 is 0. The summed E-state index contributed by atoms with van der Waals surface area (Å²) in [5.74, 6) is -0.434. The van der Waals surface area contributed by atoms with Gasteiger partial charge in [0.15, 0.2) is 0 Å². The monoisotopic (exact) mass is 1020 g/mol. The van der Waals surface area contributed by atoms with Crippen molar-refractivity contribution in [3.05, 3.63) is 143 Å². The van der Waals surface area contributed by atoms with Gasteiger partial charge >= 0.3 is 12.4 Å². The Morgan fingerprint density at radius 3 is 1.27 bits per heavy atom. The van der Waals surface area contributed by atoms with Crippen LogP contribution in [0.15, 0.2) is 120 Å². The lowest BCUT2D eigenvalue weighted by Crippen LogP contribution is -2.19. The minimum atomic E-state index is -4.57. The summed E-state index contributed by atoms with van der Waals surface area (Å²) in [5, 5.41) is 0. The standard InChI is InChI=1S/2C23H21F4N3O4S/c2*24-8-1-11-33-20-13-15(23(25,26)27)3-5-18(20)17-7-12-34-21-14-16(4-6-19(17)21)35(31,32)30-22-28-9-2-10-29-22/h2*2-6,9-10,13-14,17H,1,7-8,11-12H2,(H,28,29,30)/t2*17-/m10/s1. The van der Waals surface area contributed by atoms with Crippen LogP contribution >= 0.6 is 0 Å². The normalized spacial score (nSPS) is 15.7. The summed E-state index contributed by atoms with van der Waals surface area (Å²) in [6.45, 7) is -1.05. The smallest absolute Gasteiger partial charge is 0.416 e. The molecular weight excluding hydrogens is 981 g/mol. The number of fused-ring (bicyclic) bond motifs is 2. The Morgan fingerprint density at radius 2 is 0.914 bits per heavy atom. The number of nitrogens with zero attached hydrogens (tertiary/aromatic N) is 4. The largest absolute Gasteiger partial charge is 0.493 e. The van der Waals surface area contributed by atoms with Gasteiger partial charge in [-0.25, -0.2) is 46.2 Å². The molecule has 2 aromatic heterocycles. The average Bonchev–Trinajstić information content (AvgIpc) is 3.33. The van der Waals surface area contributed by atoms with Gasteiger partial charge in [0.1, 0.15) is 23.0 Å². The summed E-state index contributed by atoms with van der Waals surface area (Å²) in [5.41, 5.74) is 0.405. The molecule has 0 aliphatic carbocycles. The third kappa shape index (κ3) is 12.5. The Balaban J connectivity index is 0.000000206. The highest BCUT2D eigenvalue weighted by Crippen LogP contribution is 2.46. The first-order valence-electron chi connectivity index (χ1n) is 21.3. The van der Waals surface area contributed by atoms with Crippen molar-refractivity contribution in [2.45, 2.75) is 59.7 Å². The molecule has 24 heteroatoms. The van der Waals surface area contributed by atoms with Gasteiger partial charge in [0.25, 0.3) is 20.0 Å². The van der Waals surface area contributed by atoms with Crippen LogP contribution in [0.3, 0.4) is 0 Å². The molecular formula is C46H42F8N6O8S2. The molecule has 372 valence electrons. The van der Waals surface area contributed by atoms with Gasteiger partial charge < -0.3 is 18.9 Å². The molecule has 4 aromatic carbocycles. The number of hydrogen-bond acceptors (Lipinski definition) is 12. The summed E-state index contributed by atoms with van der Waals surface area (Å²) in [4.78, 5) is 15.2. The van der Waals surface area contributed by atoms with Crippen LogP contribution in [-0.4, -0.2) is 76.5 Å². The van der Waals surface area contributed by atoms with Gasteiger partial charge in [0, 0.05) is 83.9 Å². The first kappa shape index (κ1) is 51.0. The van der Waals surface area contributed by atoms with Crippen LogP contribution in [0.2, 0.25) is 0 Å². The van der Waals surface area contributed by atoms with Crippen molar-refractivity contribution in [2.24, 2.45) is 0 Å². The average molecular weight is 1020 g/mol. The molecule has 0 spiro atoms. The Kier molecular flexibility index (Phi) is 15.9.